The lowest BCUT2D eigenvalue weighted by molar-refractivity contribution is 0.557. The molecule has 0 saturated carbocycles. The van der Waals surface area contributed by atoms with Gasteiger partial charge in [0.25, 0.3) is 0 Å². The van der Waals surface area contributed by atoms with Crippen molar-refractivity contribution >= 4 is 34.4 Å². The van der Waals surface area contributed by atoms with Gasteiger partial charge in [-0.15, -0.1) is 0 Å². The standard InChI is InChI=1S/C15H12OS2/c17-14(12-7-3-1-4-8-12)11-15(18)16-13-9-5-2-6-10-13/h1-10H,11H2. The summed E-state index contributed by atoms with van der Waals surface area (Å²) < 4.78 is 5.55. The van der Waals surface area contributed by atoms with Gasteiger partial charge in [0.05, 0.1) is 6.42 Å². The minimum Gasteiger partial charge on any atom is -0.450 e. The highest BCUT2D eigenvalue weighted by Gasteiger charge is 2.06. The number of rotatable bonds is 4. The van der Waals surface area contributed by atoms with E-state index in [1.807, 2.05) is 60.7 Å². The van der Waals surface area contributed by atoms with Crippen LogP contribution < -0.4 is 4.74 Å². The Kier molecular flexibility index (Phi) is 4.56. The van der Waals surface area contributed by atoms with Gasteiger partial charge in [-0.1, -0.05) is 60.7 Å². The van der Waals surface area contributed by atoms with E-state index in [0.29, 0.717) is 11.5 Å². The summed E-state index contributed by atoms with van der Waals surface area (Å²) in [5.41, 5.74) is 1.02. The first-order valence-corrected chi connectivity index (χ1v) is 6.41. The minimum absolute atomic E-state index is 0.490. The van der Waals surface area contributed by atoms with Crippen LogP contribution in [-0.2, 0) is 0 Å². The fourth-order valence-electron chi connectivity index (χ4n) is 1.51. The normalized spacial score (nSPS) is 9.78. The van der Waals surface area contributed by atoms with Crippen LogP contribution >= 0.6 is 24.4 Å². The number of benzene rings is 2. The van der Waals surface area contributed by atoms with Crippen molar-refractivity contribution in [2.24, 2.45) is 0 Å². The summed E-state index contributed by atoms with van der Waals surface area (Å²) in [7, 11) is 0. The fourth-order valence-corrected chi connectivity index (χ4v) is 2.11. The van der Waals surface area contributed by atoms with E-state index in [4.69, 9.17) is 29.2 Å². The molecule has 2 rings (SSSR count). The quantitative estimate of drug-likeness (QED) is 0.610. The second kappa shape index (κ2) is 6.38. The molecular formula is C15H12OS2. The second-order valence-electron chi connectivity index (χ2n) is 3.75. The van der Waals surface area contributed by atoms with E-state index < -0.39 is 0 Å². The predicted octanol–water partition coefficient (Wildman–Crippen LogP) is 4.20. The minimum atomic E-state index is 0.490. The van der Waals surface area contributed by atoms with E-state index in [-0.39, 0.29) is 0 Å². The van der Waals surface area contributed by atoms with E-state index in [1.165, 1.54) is 0 Å². The average Bonchev–Trinajstić information content (AvgIpc) is 2.40. The number of ether oxygens (including phenoxy) is 1. The first-order valence-electron chi connectivity index (χ1n) is 5.59. The molecule has 0 saturated heterocycles. The molecule has 0 spiro atoms. The van der Waals surface area contributed by atoms with Gasteiger partial charge in [0.2, 0.25) is 0 Å². The van der Waals surface area contributed by atoms with Gasteiger partial charge in [-0.25, -0.2) is 0 Å². The summed E-state index contributed by atoms with van der Waals surface area (Å²) in [6, 6.07) is 19.3. The Bertz CT molecular complexity index is 535. The van der Waals surface area contributed by atoms with Crippen LogP contribution in [0.5, 0.6) is 5.75 Å². The van der Waals surface area contributed by atoms with Gasteiger partial charge in [0.15, 0.2) is 5.05 Å². The SMILES string of the molecule is S=C(CC(=S)c1ccccc1)Oc1ccccc1. The summed E-state index contributed by atoms with van der Waals surface area (Å²) >= 11 is 10.5. The molecule has 0 aliphatic carbocycles. The van der Waals surface area contributed by atoms with Crippen molar-refractivity contribution in [3.05, 3.63) is 66.2 Å². The molecule has 0 amide bonds. The molecule has 1 nitrogen and oxygen atoms in total. The smallest absolute Gasteiger partial charge is 0.172 e. The van der Waals surface area contributed by atoms with Gasteiger partial charge >= 0.3 is 0 Å². The van der Waals surface area contributed by atoms with Gasteiger partial charge < -0.3 is 4.74 Å². The molecule has 0 radical (unpaired) electrons. The summed E-state index contributed by atoms with van der Waals surface area (Å²) in [5, 5.41) is 0.495. The monoisotopic (exact) mass is 272 g/mol. The summed E-state index contributed by atoms with van der Waals surface area (Å²) in [6.45, 7) is 0. The third-order valence-corrected chi connectivity index (χ3v) is 2.98. The number of hydrogen-bond acceptors (Lipinski definition) is 3. The van der Waals surface area contributed by atoms with Crippen molar-refractivity contribution in [2.45, 2.75) is 6.42 Å². The molecule has 0 atom stereocenters. The van der Waals surface area contributed by atoms with Crippen molar-refractivity contribution in [1.82, 2.24) is 0 Å². The van der Waals surface area contributed by atoms with Crippen molar-refractivity contribution in [2.75, 3.05) is 0 Å². The Hall–Kier alpha value is -1.58. The number of para-hydroxylation sites is 1. The Morgan fingerprint density at radius 3 is 2.00 bits per heavy atom. The lowest BCUT2D eigenvalue weighted by atomic mass is 10.1. The van der Waals surface area contributed by atoms with Crippen LogP contribution in [0.4, 0.5) is 0 Å². The summed E-state index contributed by atoms with van der Waals surface area (Å²) in [5.74, 6) is 0.748. The predicted molar refractivity (Wildman–Crippen MR) is 82.4 cm³/mol. The summed E-state index contributed by atoms with van der Waals surface area (Å²) in [4.78, 5) is 0.802. The Morgan fingerprint density at radius 1 is 0.833 bits per heavy atom. The van der Waals surface area contributed by atoms with Gasteiger partial charge in [0, 0.05) is 4.86 Å². The molecular weight excluding hydrogens is 260 g/mol. The Labute approximate surface area is 117 Å². The van der Waals surface area contributed by atoms with Crippen molar-refractivity contribution in [3.63, 3.8) is 0 Å². The van der Waals surface area contributed by atoms with Crippen molar-refractivity contribution in [3.8, 4) is 5.75 Å². The Morgan fingerprint density at radius 2 is 1.39 bits per heavy atom. The molecule has 0 aromatic heterocycles. The first-order chi connectivity index (χ1) is 8.75. The van der Waals surface area contributed by atoms with Crippen LogP contribution in [0.1, 0.15) is 12.0 Å². The third kappa shape index (κ3) is 3.72. The second-order valence-corrected chi connectivity index (χ2v) is 4.70. The molecule has 2 aromatic rings. The van der Waals surface area contributed by atoms with Crippen LogP contribution in [0.15, 0.2) is 60.7 Å². The summed E-state index contributed by atoms with van der Waals surface area (Å²) in [6.07, 6.45) is 0.490. The molecule has 3 heteroatoms. The van der Waals surface area contributed by atoms with Crippen LogP contribution in [-0.4, -0.2) is 9.92 Å². The van der Waals surface area contributed by atoms with Gasteiger partial charge in [-0.2, -0.15) is 0 Å². The van der Waals surface area contributed by atoms with E-state index in [0.717, 1.165) is 16.2 Å². The number of hydrogen-bond donors (Lipinski definition) is 0. The van der Waals surface area contributed by atoms with E-state index in [9.17, 15) is 0 Å². The van der Waals surface area contributed by atoms with E-state index in [2.05, 4.69) is 0 Å². The van der Waals surface area contributed by atoms with Gasteiger partial charge in [-0.3, -0.25) is 0 Å². The molecule has 0 bridgehead atoms. The van der Waals surface area contributed by atoms with Gasteiger partial charge in [0.1, 0.15) is 5.75 Å². The van der Waals surface area contributed by atoms with Crippen LogP contribution in [0.2, 0.25) is 0 Å². The van der Waals surface area contributed by atoms with Crippen LogP contribution in [0.25, 0.3) is 0 Å². The average molecular weight is 272 g/mol. The molecule has 0 heterocycles. The fraction of sp³-hybridized carbons (Fsp3) is 0.0667. The maximum absolute atomic E-state index is 5.55. The molecule has 0 aliphatic heterocycles. The van der Waals surface area contributed by atoms with E-state index in [1.54, 1.807) is 0 Å². The zero-order valence-electron chi connectivity index (χ0n) is 9.71. The van der Waals surface area contributed by atoms with Gasteiger partial charge in [-0.05, 0) is 29.9 Å². The maximum atomic E-state index is 5.55. The maximum Gasteiger partial charge on any atom is 0.172 e. The van der Waals surface area contributed by atoms with E-state index >= 15 is 0 Å². The molecule has 0 fully saturated rings. The first kappa shape index (κ1) is 12.9. The highest BCUT2D eigenvalue weighted by Crippen LogP contribution is 2.12. The zero-order chi connectivity index (χ0) is 12.8. The third-order valence-electron chi connectivity index (χ3n) is 2.38. The molecule has 2 aromatic carbocycles. The van der Waals surface area contributed by atoms with Crippen LogP contribution in [0.3, 0.4) is 0 Å². The highest BCUT2D eigenvalue weighted by atomic mass is 32.1. The Balaban J connectivity index is 1.94. The molecule has 90 valence electrons. The molecule has 0 unspecified atom stereocenters. The zero-order valence-corrected chi connectivity index (χ0v) is 11.3. The molecule has 0 aliphatic rings. The van der Waals surface area contributed by atoms with Crippen LogP contribution in [0, 0.1) is 0 Å². The highest BCUT2D eigenvalue weighted by molar-refractivity contribution is 7.82. The number of thiocarbonyl (C=S) groups is 2. The van der Waals surface area contributed by atoms with Crippen molar-refractivity contribution in [1.29, 1.82) is 0 Å². The van der Waals surface area contributed by atoms with Crippen molar-refractivity contribution < 1.29 is 4.74 Å². The molecule has 18 heavy (non-hydrogen) atoms. The molecule has 0 N–H and O–H groups in total. The largest absolute Gasteiger partial charge is 0.450 e. The lowest BCUT2D eigenvalue weighted by Crippen LogP contribution is -2.11. The lowest BCUT2D eigenvalue weighted by Gasteiger charge is -2.07. The topological polar surface area (TPSA) is 9.23 Å².